The van der Waals surface area contributed by atoms with E-state index >= 15 is 0 Å². The maximum absolute atomic E-state index is 12.9. The highest BCUT2D eigenvalue weighted by atomic mass is 32.2. The number of nitrogens with zero attached hydrogens (tertiary/aromatic N) is 2. The molecule has 2 aromatic carbocycles. The Balaban J connectivity index is 1.43. The SMILES string of the molecule is CC(=O)c1ccc(S(=O)(=O)N2CCN(C(=O)c3ccc4c(c3)CCC4)CC2)cc1. The third-order valence-corrected chi connectivity index (χ3v) is 7.68. The number of hydrogen-bond acceptors (Lipinski definition) is 4. The zero-order chi connectivity index (χ0) is 20.6. The second-order valence-electron chi connectivity index (χ2n) is 7.61. The number of rotatable bonds is 4. The number of ketones is 1. The van der Waals surface area contributed by atoms with Gasteiger partial charge in [-0.1, -0.05) is 18.2 Å². The number of fused-ring (bicyclic) bond motifs is 1. The van der Waals surface area contributed by atoms with Crippen LogP contribution in [0.3, 0.4) is 0 Å². The topological polar surface area (TPSA) is 74.8 Å². The van der Waals surface area contributed by atoms with Crippen LogP contribution < -0.4 is 0 Å². The first-order valence-electron chi connectivity index (χ1n) is 9.88. The number of carbonyl (C=O) groups is 2. The molecular formula is C22H24N2O4S. The summed E-state index contributed by atoms with van der Waals surface area (Å²) in [7, 11) is -3.64. The zero-order valence-corrected chi connectivity index (χ0v) is 17.2. The van der Waals surface area contributed by atoms with E-state index in [1.54, 1.807) is 4.90 Å². The van der Waals surface area contributed by atoms with Crippen LogP contribution in [0.4, 0.5) is 0 Å². The van der Waals surface area contributed by atoms with Crippen molar-refractivity contribution in [2.24, 2.45) is 0 Å². The van der Waals surface area contributed by atoms with Crippen LogP contribution in [0, 0.1) is 0 Å². The van der Waals surface area contributed by atoms with Crippen LogP contribution in [0.2, 0.25) is 0 Å². The Morgan fingerprint density at radius 2 is 1.45 bits per heavy atom. The fourth-order valence-electron chi connectivity index (χ4n) is 4.03. The minimum Gasteiger partial charge on any atom is -0.336 e. The molecule has 2 aromatic rings. The van der Waals surface area contributed by atoms with Gasteiger partial charge in [0.15, 0.2) is 5.78 Å². The van der Waals surface area contributed by atoms with Crippen molar-refractivity contribution in [3.8, 4) is 0 Å². The summed E-state index contributed by atoms with van der Waals surface area (Å²) in [5.74, 6) is -0.143. The maximum Gasteiger partial charge on any atom is 0.253 e. The summed E-state index contributed by atoms with van der Waals surface area (Å²) in [5.41, 5.74) is 3.75. The van der Waals surface area contributed by atoms with E-state index in [2.05, 4.69) is 0 Å². The quantitative estimate of drug-likeness (QED) is 0.724. The molecule has 4 rings (SSSR count). The van der Waals surface area contributed by atoms with Gasteiger partial charge in [-0.2, -0.15) is 4.31 Å². The minimum atomic E-state index is -3.64. The van der Waals surface area contributed by atoms with Crippen molar-refractivity contribution >= 4 is 21.7 Å². The molecule has 1 fully saturated rings. The third-order valence-electron chi connectivity index (χ3n) is 5.77. The fraction of sp³-hybridized carbons (Fsp3) is 0.364. The van der Waals surface area contributed by atoms with Crippen molar-refractivity contribution in [3.05, 3.63) is 64.7 Å². The molecule has 0 radical (unpaired) electrons. The van der Waals surface area contributed by atoms with Gasteiger partial charge in [0, 0.05) is 37.3 Å². The molecule has 0 bridgehead atoms. The highest BCUT2D eigenvalue weighted by molar-refractivity contribution is 7.89. The van der Waals surface area contributed by atoms with Crippen molar-refractivity contribution in [2.45, 2.75) is 31.1 Å². The van der Waals surface area contributed by atoms with Gasteiger partial charge >= 0.3 is 0 Å². The van der Waals surface area contributed by atoms with Crippen LogP contribution in [0.25, 0.3) is 0 Å². The van der Waals surface area contributed by atoms with Gasteiger partial charge in [0.05, 0.1) is 4.90 Å². The molecular weight excluding hydrogens is 388 g/mol. The molecule has 29 heavy (non-hydrogen) atoms. The molecule has 1 amide bonds. The molecule has 2 aliphatic rings. The first kappa shape index (κ1) is 19.8. The number of amides is 1. The molecule has 0 saturated carbocycles. The molecule has 0 unspecified atom stereocenters. The number of aryl methyl sites for hydroxylation is 2. The second-order valence-corrected chi connectivity index (χ2v) is 9.55. The largest absolute Gasteiger partial charge is 0.336 e. The fourth-order valence-corrected chi connectivity index (χ4v) is 5.45. The molecule has 7 heteroatoms. The van der Waals surface area contributed by atoms with E-state index in [9.17, 15) is 18.0 Å². The number of carbonyl (C=O) groups excluding carboxylic acids is 2. The normalized spacial score (nSPS) is 17.2. The molecule has 0 atom stereocenters. The number of piperazine rings is 1. The molecule has 1 heterocycles. The molecule has 1 saturated heterocycles. The number of hydrogen-bond donors (Lipinski definition) is 0. The molecule has 0 spiro atoms. The third kappa shape index (κ3) is 3.84. The lowest BCUT2D eigenvalue weighted by Crippen LogP contribution is -2.50. The lowest BCUT2D eigenvalue weighted by atomic mass is 10.1. The first-order valence-corrected chi connectivity index (χ1v) is 11.3. The van der Waals surface area contributed by atoms with Crippen LogP contribution in [0.5, 0.6) is 0 Å². The van der Waals surface area contributed by atoms with Gasteiger partial charge < -0.3 is 4.90 Å². The summed E-state index contributed by atoms with van der Waals surface area (Å²) in [6.07, 6.45) is 3.23. The maximum atomic E-state index is 12.9. The van der Waals surface area contributed by atoms with Crippen LogP contribution >= 0.6 is 0 Å². The minimum absolute atomic E-state index is 0.0393. The molecule has 152 valence electrons. The standard InChI is InChI=1S/C22H24N2O4S/c1-16(25)17-7-9-21(10-8-17)29(27,28)24-13-11-23(12-14-24)22(26)20-6-5-18-3-2-4-19(18)15-20/h5-10,15H,2-4,11-14H2,1H3. The molecule has 0 aromatic heterocycles. The zero-order valence-electron chi connectivity index (χ0n) is 16.4. The lowest BCUT2D eigenvalue weighted by Gasteiger charge is -2.34. The van der Waals surface area contributed by atoms with E-state index in [1.165, 1.54) is 46.6 Å². The Morgan fingerprint density at radius 3 is 2.10 bits per heavy atom. The van der Waals surface area contributed by atoms with Gasteiger partial charge in [-0.25, -0.2) is 8.42 Å². The van der Waals surface area contributed by atoms with E-state index in [-0.39, 0.29) is 29.7 Å². The molecule has 0 N–H and O–H groups in total. The average molecular weight is 413 g/mol. The van der Waals surface area contributed by atoms with Crippen molar-refractivity contribution in [1.29, 1.82) is 0 Å². The predicted octanol–water partition coefficient (Wildman–Crippen LogP) is 2.52. The smallest absolute Gasteiger partial charge is 0.253 e. The van der Waals surface area contributed by atoms with Crippen LogP contribution in [0.1, 0.15) is 45.2 Å². The van der Waals surface area contributed by atoms with Gasteiger partial charge in [0.25, 0.3) is 5.91 Å². The van der Waals surface area contributed by atoms with E-state index in [0.29, 0.717) is 24.2 Å². The summed E-state index contributed by atoms with van der Waals surface area (Å²) in [6, 6.07) is 11.9. The molecule has 6 nitrogen and oxygen atoms in total. The van der Waals surface area contributed by atoms with E-state index in [0.717, 1.165) is 19.3 Å². The van der Waals surface area contributed by atoms with Gasteiger partial charge in [-0.3, -0.25) is 9.59 Å². The summed E-state index contributed by atoms with van der Waals surface area (Å²) < 4.78 is 27.2. The summed E-state index contributed by atoms with van der Waals surface area (Å²) in [5, 5.41) is 0. The van der Waals surface area contributed by atoms with Crippen molar-refractivity contribution < 1.29 is 18.0 Å². The van der Waals surface area contributed by atoms with Crippen LogP contribution in [-0.2, 0) is 22.9 Å². The Bertz CT molecular complexity index is 1050. The predicted molar refractivity (Wildman–Crippen MR) is 110 cm³/mol. The first-order chi connectivity index (χ1) is 13.9. The van der Waals surface area contributed by atoms with Crippen molar-refractivity contribution in [1.82, 2.24) is 9.21 Å². The number of Topliss-reactive ketones (excluding diaryl/α,β-unsaturated/α-hetero) is 1. The highest BCUT2D eigenvalue weighted by Gasteiger charge is 2.30. The number of sulfonamides is 1. The van der Waals surface area contributed by atoms with E-state index in [4.69, 9.17) is 0 Å². The Kier molecular flexibility index (Phi) is 5.27. The van der Waals surface area contributed by atoms with Gasteiger partial charge in [-0.05, 0) is 61.6 Å². The monoisotopic (exact) mass is 412 g/mol. The highest BCUT2D eigenvalue weighted by Crippen LogP contribution is 2.24. The lowest BCUT2D eigenvalue weighted by molar-refractivity contribution is 0.0697. The average Bonchev–Trinajstić information content (AvgIpc) is 3.21. The van der Waals surface area contributed by atoms with Crippen molar-refractivity contribution in [2.75, 3.05) is 26.2 Å². The van der Waals surface area contributed by atoms with Crippen molar-refractivity contribution in [3.63, 3.8) is 0 Å². The Morgan fingerprint density at radius 1 is 0.828 bits per heavy atom. The van der Waals surface area contributed by atoms with E-state index in [1.807, 2.05) is 18.2 Å². The molecule has 1 aliphatic carbocycles. The van der Waals surface area contributed by atoms with E-state index < -0.39 is 10.0 Å². The van der Waals surface area contributed by atoms with Gasteiger partial charge in [0.2, 0.25) is 10.0 Å². The van der Waals surface area contributed by atoms with Gasteiger partial charge in [-0.15, -0.1) is 0 Å². The van der Waals surface area contributed by atoms with Crippen LogP contribution in [-0.4, -0.2) is 55.5 Å². The Labute approximate surface area is 171 Å². The summed E-state index contributed by atoms with van der Waals surface area (Å²) in [6.45, 7) is 2.68. The Hall–Kier alpha value is -2.51. The number of benzene rings is 2. The second kappa shape index (κ2) is 7.72. The molecule has 1 aliphatic heterocycles. The summed E-state index contributed by atoms with van der Waals surface area (Å²) in [4.78, 5) is 26.1. The van der Waals surface area contributed by atoms with Gasteiger partial charge in [0.1, 0.15) is 0 Å². The van der Waals surface area contributed by atoms with Crippen LogP contribution in [0.15, 0.2) is 47.4 Å². The summed E-state index contributed by atoms with van der Waals surface area (Å²) >= 11 is 0.